The van der Waals surface area contributed by atoms with Gasteiger partial charge in [-0.15, -0.1) is 11.8 Å². The number of nitrogens with one attached hydrogen (secondary N) is 2. The molecular formula is C15H18N2O3S. The number of aliphatic carboxylic acids is 1. The molecule has 0 aliphatic rings. The van der Waals surface area contributed by atoms with Crippen LogP contribution in [-0.4, -0.2) is 40.0 Å². The number of carbonyl (C=O) groups excluding carboxylic acids is 1. The van der Waals surface area contributed by atoms with E-state index in [4.69, 9.17) is 5.11 Å². The molecule has 2 aromatic rings. The number of benzene rings is 1. The number of aromatic amines is 1. The SMILES string of the molecule is O=C(O)CSCC(=O)NCCCc1c[nH]c2ccccc12. The van der Waals surface area contributed by atoms with Gasteiger partial charge in [-0.05, 0) is 24.5 Å². The van der Waals surface area contributed by atoms with Gasteiger partial charge in [0.25, 0.3) is 0 Å². The summed E-state index contributed by atoms with van der Waals surface area (Å²) in [5.74, 6) is -0.852. The fraction of sp³-hybridized carbons (Fsp3) is 0.333. The van der Waals surface area contributed by atoms with Crippen LogP contribution in [0, 0.1) is 0 Å². The quantitative estimate of drug-likeness (QED) is 0.652. The number of carboxylic acid groups (broad SMARTS) is 1. The van der Waals surface area contributed by atoms with Gasteiger partial charge < -0.3 is 15.4 Å². The van der Waals surface area contributed by atoms with E-state index in [0.717, 1.165) is 30.1 Å². The van der Waals surface area contributed by atoms with Gasteiger partial charge in [-0.25, -0.2) is 0 Å². The minimum atomic E-state index is -0.896. The van der Waals surface area contributed by atoms with Gasteiger partial charge in [0.2, 0.25) is 5.91 Å². The fourth-order valence-corrected chi connectivity index (χ4v) is 2.69. The number of H-pyrrole nitrogens is 1. The largest absolute Gasteiger partial charge is 0.481 e. The maximum Gasteiger partial charge on any atom is 0.313 e. The zero-order valence-electron chi connectivity index (χ0n) is 11.6. The van der Waals surface area contributed by atoms with E-state index in [1.807, 2.05) is 24.4 Å². The predicted octanol–water partition coefficient (Wildman–Crippen LogP) is 2.03. The number of para-hydroxylation sites is 1. The number of thioether (sulfide) groups is 1. The number of aryl methyl sites for hydroxylation is 1. The van der Waals surface area contributed by atoms with Gasteiger partial charge in [-0.1, -0.05) is 18.2 Å². The van der Waals surface area contributed by atoms with E-state index in [-0.39, 0.29) is 17.4 Å². The van der Waals surface area contributed by atoms with E-state index in [1.54, 1.807) is 0 Å². The smallest absolute Gasteiger partial charge is 0.313 e. The van der Waals surface area contributed by atoms with Gasteiger partial charge in [-0.2, -0.15) is 0 Å². The zero-order valence-corrected chi connectivity index (χ0v) is 12.4. The van der Waals surface area contributed by atoms with E-state index in [1.165, 1.54) is 10.9 Å². The van der Waals surface area contributed by atoms with Crippen molar-refractivity contribution in [1.29, 1.82) is 0 Å². The Balaban J connectivity index is 1.68. The summed E-state index contributed by atoms with van der Waals surface area (Å²) in [5, 5.41) is 12.5. The van der Waals surface area contributed by atoms with Crippen molar-refractivity contribution in [3.8, 4) is 0 Å². The maximum absolute atomic E-state index is 11.5. The molecule has 0 unspecified atom stereocenters. The van der Waals surface area contributed by atoms with Crippen LogP contribution < -0.4 is 5.32 Å². The molecule has 1 heterocycles. The molecule has 0 spiro atoms. The lowest BCUT2D eigenvalue weighted by Crippen LogP contribution is -2.26. The molecule has 2 rings (SSSR count). The molecule has 1 aromatic heterocycles. The first-order chi connectivity index (χ1) is 10.2. The summed E-state index contributed by atoms with van der Waals surface area (Å²) >= 11 is 1.11. The number of amides is 1. The summed E-state index contributed by atoms with van der Waals surface area (Å²) in [6, 6.07) is 8.14. The predicted molar refractivity (Wildman–Crippen MR) is 84.6 cm³/mol. The second-order valence-electron chi connectivity index (χ2n) is 4.70. The summed E-state index contributed by atoms with van der Waals surface area (Å²) in [7, 11) is 0. The molecule has 5 nitrogen and oxygen atoms in total. The molecule has 0 fully saturated rings. The van der Waals surface area contributed by atoms with Crippen LogP contribution in [0.1, 0.15) is 12.0 Å². The van der Waals surface area contributed by atoms with Crippen molar-refractivity contribution in [3.05, 3.63) is 36.0 Å². The first kappa shape index (κ1) is 15.4. The number of fused-ring (bicyclic) bond motifs is 1. The average molecular weight is 306 g/mol. The van der Waals surface area contributed by atoms with E-state index in [2.05, 4.69) is 16.4 Å². The van der Waals surface area contributed by atoms with Crippen LogP contribution in [0.25, 0.3) is 10.9 Å². The molecule has 3 N–H and O–H groups in total. The van der Waals surface area contributed by atoms with Crippen LogP contribution in [0.15, 0.2) is 30.5 Å². The molecule has 1 amide bonds. The lowest BCUT2D eigenvalue weighted by molar-refractivity contribution is -0.133. The maximum atomic E-state index is 11.5. The molecule has 0 atom stereocenters. The summed E-state index contributed by atoms with van der Waals surface area (Å²) < 4.78 is 0. The van der Waals surface area contributed by atoms with Crippen LogP contribution in [0.3, 0.4) is 0 Å². The normalized spacial score (nSPS) is 10.7. The Hall–Kier alpha value is -1.95. The van der Waals surface area contributed by atoms with Crippen LogP contribution in [0.4, 0.5) is 0 Å². The summed E-state index contributed by atoms with van der Waals surface area (Å²) in [6.07, 6.45) is 3.76. The number of carboxylic acids is 1. The van der Waals surface area contributed by atoms with Gasteiger partial charge in [0.1, 0.15) is 0 Å². The second-order valence-corrected chi connectivity index (χ2v) is 5.69. The highest BCUT2D eigenvalue weighted by Crippen LogP contribution is 2.18. The summed E-state index contributed by atoms with van der Waals surface area (Å²) in [4.78, 5) is 25.0. The molecule has 0 saturated carbocycles. The number of aromatic nitrogens is 1. The van der Waals surface area contributed by atoms with Crippen LogP contribution >= 0.6 is 11.8 Å². The van der Waals surface area contributed by atoms with Crippen molar-refractivity contribution in [1.82, 2.24) is 10.3 Å². The van der Waals surface area contributed by atoms with Gasteiger partial charge in [0, 0.05) is 23.6 Å². The van der Waals surface area contributed by atoms with E-state index >= 15 is 0 Å². The average Bonchev–Trinajstić information content (AvgIpc) is 2.86. The highest BCUT2D eigenvalue weighted by molar-refractivity contribution is 8.00. The first-order valence-corrected chi connectivity index (χ1v) is 7.93. The molecule has 1 aromatic carbocycles. The Bertz CT molecular complexity index is 624. The Labute approximate surface area is 127 Å². The minimum absolute atomic E-state index is 0.0389. The van der Waals surface area contributed by atoms with Crippen LogP contribution in [0.5, 0.6) is 0 Å². The van der Waals surface area contributed by atoms with Gasteiger partial charge >= 0.3 is 5.97 Å². The van der Waals surface area contributed by atoms with Crippen molar-refractivity contribution in [2.24, 2.45) is 0 Å². The number of hydrogen-bond donors (Lipinski definition) is 3. The fourth-order valence-electron chi connectivity index (χ4n) is 2.13. The third-order valence-electron chi connectivity index (χ3n) is 3.08. The van der Waals surface area contributed by atoms with Gasteiger partial charge in [0.15, 0.2) is 0 Å². The molecule has 112 valence electrons. The number of rotatable bonds is 8. The third-order valence-corrected chi connectivity index (χ3v) is 4.00. The molecule has 0 radical (unpaired) electrons. The Kier molecular flexibility index (Phi) is 5.68. The molecule has 0 aliphatic heterocycles. The minimum Gasteiger partial charge on any atom is -0.481 e. The van der Waals surface area contributed by atoms with Crippen LogP contribution in [0.2, 0.25) is 0 Å². The van der Waals surface area contributed by atoms with E-state index in [9.17, 15) is 9.59 Å². The summed E-state index contributed by atoms with van der Waals surface area (Å²) in [5.41, 5.74) is 2.38. The topological polar surface area (TPSA) is 82.2 Å². The zero-order chi connectivity index (χ0) is 15.1. The molecule has 0 aliphatic carbocycles. The van der Waals surface area contributed by atoms with Crippen LogP contribution in [-0.2, 0) is 16.0 Å². The van der Waals surface area contributed by atoms with Crippen molar-refractivity contribution in [2.45, 2.75) is 12.8 Å². The van der Waals surface area contributed by atoms with Crippen molar-refractivity contribution >= 4 is 34.5 Å². The van der Waals surface area contributed by atoms with E-state index in [0.29, 0.717) is 6.54 Å². The molecule has 21 heavy (non-hydrogen) atoms. The molecule has 6 heteroatoms. The van der Waals surface area contributed by atoms with Crippen molar-refractivity contribution in [3.63, 3.8) is 0 Å². The first-order valence-electron chi connectivity index (χ1n) is 6.78. The molecule has 0 bridgehead atoms. The lowest BCUT2D eigenvalue weighted by atomic mass is 10.1. The molecule has 0 saturated heterocycles. The highest BCUT2D eigenvalue weighted by Gasteiger charge is 2.05. The third kappa shape index (κ3) is 4.82. The van der Waals surface area contributed by atoms with Gasteiger partial charge in [-0.3, -0.25) is 9.59 Å². The van der Waals surface area contributed by atoms with Crippen molar-refractivity contribution < 1.29 is 14.7 Å². The second kappa shape index (κ2) is 7.73. The highest BCUT2D eigenvalue weighted by atomic mass is 32.2. The standard InChI is InChI=1S/C15H18N2O3S/c18-14(9-21-10-15(19)20)16-7-3-4-11-8-17-13-6-2-1-5-12(11)13/h1-2,5-6,8,17H,3-4,7,9-10H2,(H,16,18)(H,19,20). The summed E-state index contributed by atoms with van der Waals surface area (Å²) in [6.45, 7) is 0.603. The van der Waals surface area contributed by atoms with Crippen molar-refractivity contribution in [2.75, 3.05) is 18.1 Å². The Morgan fingerprint density at radius 1 is 1.24 bits per heavy atom. The molecular weight excluding hydrogens is 288 g/mol. The van der Waals surface area contributed by atoms with E-state index < -0.39 is 5.97 Å². The Morgan fingerprint density at radius 3 is 2.86 bits per heavy atom. The Morgan fingerprint density at radius 2 is 2.05 bits per heavy atom. The lowest BCUT2D eigenvalue weighted by Gasteiger charge is -2.04. The number of carbonyl (C=O) groups is 2. The van der Waals surface area contributed by atoms with Gasteiger partial charge in [0.05, 0.1) is 11.5 Å². The monoisotopic (exact) mass is 306 g/mol. The number of hydrogen-bond acceptors (Lipinski definition) is 3.